The first kappa shape index (κ1) is 29.9. The largest absolute Gasteiger partial charge is 0.457 e. The van der Waals surface area contributed by atoms with Crippen molar-refractivity contribution in [3.05, 3.63) is 72.7 Å². The van der Waals surface area contributed by atoms with Crippen molar-refractivity contribution < 1.29 is 23.5 Å². The highest BCUT2D eigenvalue weighted by Gasteiger charge is 2.57. The van der Waals surface area contributed by atoms with Gasteiger partial charge >= 0.3 is 6.03 Å². The third-order valence-electron chi connectivity index (χ3n) is 7.74. The summed E-state index contributed by atoms with van der Waals surface area (Å²) in [7, 11) is 4.10. The standard InChI is InChI=1S/C31H36FN7O4/c1-36(2)15-16-37-17-19-38(20-18-37)30(42)35-27-21-26(11-14-34-27)43-25-9-7-24(8-10-25)39(23-5-3-22(32)4-6-23)29(41)31(12-13-31)28(33)40/h3-11,14,21H,12-13,15-20H2,1-2H3,(H2,33,40)(H,34,35,42). The van der Waals surface area contributed by atoms with Gasteiger partial charge in [0.15, 0.2) is 0 Å². The Morgan fingerprint density at radius 1 is 0.953 bits per heavy atom. The molecule has 1 aliphatic carbocycles. The second-order valence-corrected chi connectivity index (χ2v) is 11.1. The highest BCUT2D eigenvalue weighted by molar-refractivity contribution is 6.16. The number of primary amides is 1. The molecule has 3 N–H and O–H groups in total. The van der Waals surface area contributed by atoms with Gasteiger partial charge in [0.25, 0.3) is 0 Å². The first-order valence-electron chi connectivity index (χ1n) is 14.2. The summed E-state index contributed by atoms with van der Waals surface area (Å²) < 4.78 is 19.6. The number of aromatic nitrogens is 1. The van der Waals surface area contributed by atoms with E-state index in [9.17, 15) is 18.8 Å². The molecular weight excluding hydrogens is 553 g/mol. The number of nitrogens with zero attached hydrogens (tertiary/aromatic N) is 5. The predicted octanol–water partition coefficient (Wildman–Crippen LogP) is 3.65. The Morgan fingerprint density at radius 2 is 1.58 bits per heavy atom. The molecule has 3 aromatic rings. The third-order valence-corrected chi connectivity index (χ3v) is 7.74. The number of carbonyl (C=O) groups excluding carboxylic acids is 3. The van der Waals surface area contributed by atoms with Crippen LogP contribution in [-0.2, 0) is 9.59 Å². The van der Waals surface area contributed by atoms with Gasteiger partial charge in [-0.1, -0.05) is 0 Å². The minimum absolute atomic E-state index is 0.212. The van der Waals surface area contributed by atoms with Crippen LogP contribution in [0.5, 0.6) is 11.5 Å². The van der Waals surface area contributed by atoms with Gasteiger partial charge in [-0.25, -0.2) is 14.2 Å². The normalized spacial score (nSPS) is 16.0. The summed E-state index contributed by atoms with van der Waals surface area (Å²) in [6.45, 7) is 4.87. The highest BCUT2D eigenvalue weighted by Crippen LogP contribution is 2.49. The second kappa shape index (κ2) is 12.8. The van der Waals surface area contributed by atoms with Crippen molar-refractivity contribution in [2.75, 3.05) is 63.6 Å². The molecule has 0 radical (unpaired) electrons. The molecule has 1 saturated carbocycles. The van der Waals surface area contributed by atoms with Crippen LogP contribution >= 0.6 is 0 Å². The van der Waals surface area contributed by atoms with Gasteiger partial charge < -0.3 is 20.3 Å². The molecule has 12 heteroatoms. The van der Waals surface area contributed by atoms with Gasteiger partial charge in [0, 0.05) is 62.9 Å². The Hall–Kier alpha value is -4.55. The lowest BCUT2D eigenvalue weighted by atomic mass is 10.0. The van der Waals surface area contributed by atoms with Crippen molar-refractivity contribution in [2.24, 2.45) is 11.1 Å². The fourth-order valence-electron chi connectivity index (χ4n) is 4.93. The van der Waals surface area contributed by atoms with Gasteiger partial charge in [0.2, 0.25) is 11.8 Å². The summed E-state index contributed by atoms with van der Waals surface area (Å²) in [6.07, 6.45) is 2.29. The molecule has 1 aliphatic heterocycles. The number of rotatable bonds is 10. The van der Waals surface area contributed by atoms with Crippen molar-refractivity contribution >= 4 is 35.0 Å². The number of amides is 4. The van der Waals surface area contributed by atoms with Crippen molar-refractivity contribution in [1.29, 1.82) is 0 Å². The van der Waals surface area contributed by atoms with Gasteiger partial charge in [-0.3, -0.25) is 24.7 Å². The van der Waals surface area contributed by atoms with Gasteiger partial charge in [-0.2, -0.15) is 0 Å². The fourth-order valence-corrected chi connectivity index (χ4v) is 4.93. The Labute approximate surface area is 250 Å². The molecular formula is C31H36FN7O4. The van der Waals surface area contributed by atoms with E-state index in [-0.39, 0.29) is 6.03 Å². The van der Waals surface area contributed by atoms with E-state index in [2.05, 4.69) is 20.1 Å². The van der Waals surface area contributed by atoms with Crippen LogP contribution in [0.2, 0.25) is 0 Å². The molecule has 2 aliphatic rings. The number of anilines is 3. The number of hydrogen-bond donors (Lipinski definition) is 2. The zero-order valence-electron chi connectivity index (χ0n) is 24.3. The van der Waals surface area contributed by atoms with Gasteiger partial charge in [0.1, 0.15) is 28.5 Å². The van der Waals surface area contributed by atoms with E-state index >= 15 is 0 Å². The summed E-state index contributed by atoms with van der Waals surface area (Å²) in [4.78, 5) is 50.3. The number of piperazine rings is 1. The Balaban J connectivity index is 1.23. The maximum absolute atomic E-state index is 13.6. The summed E-state index contributed by atoms with van der Waals surface area (Å²) in [5.74, 6) is -0.269. The van der Waals surface area contributed by atoms with E-state index < -0.39 is 23.0 Å². The fraction of sp³-hybridized carbons (Fsp3) is 0.355. The maximum atomic E-state index is 13.6. The summed E-state index contributed by atoms with van der Waals surface area (Å²) in [5, 5.41) is 2.85. The number of pyridine rings is 1. The molecule has 11 nitrogen and oxygen atoms in total. The van der Waals surface area contributed by atoms with Crippen LogP contribution in [-0.4, -0.2) is 90.9 Å². The van der Waals surface area contributed by atoms with Crippen molar-refractivity contribution in [3.63, 3.8) is 0 Å². The van der Waals surface area contributed by atoms with Gasteiger partial charge in [0.05, 0.1) is 0 Å². The molecule has 2 heterocycles. The molecule has 0 spiro atoms. The monoisotopic (exact) mass is 589 g/mol. The van der Waals surface area contributed by atoms with Crippen LogP contribution in [0.25, 0.3) is 0 Å². The Kier molecular flexibility index (Phi) is 8.88. The molecule has 226 valence electrons. The summed E-state index contributed by atoms with van der Waals surface area (Å²) >= 11 is 0. The molecule has 2 aromatic carbocycles. The van der Waals surface area contributed by atoms with Crippen LogP contribution < -0.4 is 20.7 Å². The number of urea groups is 1. The summed E-state index contributed by atoms with van der Waals surface area (Å²) in [5.41, 5.74) is 5.19. The van der Waals surface area contributed by atoms with Crippen molar-refractivity contribution in [3.8, 4) is 11.5 Å². The minimum atomic E-state index is -1.26. The highest BCUT2D eigenvalue weighted by atomic mass is 19.1. The van der Waals surface area contributed by atoms with Crippen LogP contribution in [0, 0.1) is 11.2 Å². The van der Waals surface area contributed by atoms with E-state index in [4.69, 9.17) is 10.5 Å². The van der Waals surface area contributed by atoms with Gasteiger partial charge in [-0.15, -0.1) is 0 Å². The number of nitrogens with two attached hydrogens (primary N) is 1. The Bertz CT molecular complexity index is 1450. The minimum Gasteiger partial charge on any atom is -0.457 e. The predicted molar refractivity (Wildman–Crippen MR) is 161 cm³/mol. The second-order valence-electron chi connectivity index (χ2n) is 11.1. The topological polar surface area (TPSA) is 124 Å². The van der Waals surface area contributed by atoms with E-state index in [1.54, 1.807) is 47.5 Å². The lowest BCUT2D eigenvalue weighted by molar-refractivity contribution is -0.133. The number of hydrogen-bond acceptors (Lipinski definition) is 7. The number of benzene rings is 2. The van der Waals surface area contributed by atoms with Crippen LogP contribution in [0.1, 0.15) is 12.8 Å². The number of halogens is 1. The zero-order valence-corrected chi connectivity index (χ0v) is 24.3. The first-order valence-corrected chi connectivity index (χ1v) is 14.2. The molecule has 0 atom stereocenters. The van der Waals surface area contributed by atoms with E-state index in [0.29, 0.717) is 54.6 Å². The van der Waals surface area contributed by atoms with E-state index in [1.165, 1.54) is 29.2 Å². The number of likely N-dealkylation sites (N-methyl/N-ethyl adjacent to an activating group) is 1. The number of carbonyl (C=O) groups is 3. The average Bonchev–Trinajstić information content (AvgIpc) is 3.81. The van der Waals surface area contributed by atoms with Crippen LogP contribution in [0.15, 0.2) is 66.9 Å². The average molecular weight is 590 g/mol. The molecule has 2 fully saturated rings. The molecule has 0 bridgehead atoms. The maximum Gasteiger partial charge on any atom is 0.323 e. The van der Waals surface area contributed by atoms with Crippen molar-refractivity contribution in [2.45, 2.75) is 12.8 Å². The molecule has 0 unspecified atom stereocenters. The Morgan fingerprint density at radius 3 is 2.16 bits per heavy atom. The molecule has 4 amide bonds. The lowest BCUT2D eigenvalue weighted by Gasteiger charge is -2.35. The van der Waals surface area contributed by atoms with Crippen LogP contribution in [0.3, 0.4) is 0 Å². The smallest absolute Gasteiger partial charge is 0.323 e. The van der Waals surface area contributed by atoms with Crippen LogP contribution in [0.4, 0.5) is 26.4 Å². The lowest BCUT2D eigenvalue weighted by Crippen LogP contribution is -2.51. The third kappa shape index (κ3) is 7.09. The van der Waals surface area contributed by atoms with Gasteiger partial charge in [-0.05, 0) is 81.5 Å². The summed E-state index contributed by atoms with van der Waals surface area (Å²) in [6, 6.07) is 15.3. The zero-order chi connectivity index (χ0) is 30.6. The van der Waals surface area contributed by atoms with Crippen molar-refractivity contribution in [1.82, 2.24) is 19.7 Å². The molecule has 1 aromatic heterocycles. The SMILES string of the molecule is CN(C)CCN1CCN(C(=O)Nc2cc(Oc3ccc(N(C(=O)C4(C(N)=O)CC4)c4ccc(F)cc4)cc3)ccn2)CC1. The first-order chi connectivity index (χ1) is 20.6. The number of nitrogens with one attached hydrogen (secondary N) is 1. The quantitative estimate of drug-likeness (QED) is 0.346. The molecule has 43 heavy (non-hydrogen) atoms. The molecule has 5 rings (SSSR count). The molecule has 1 saturated heterocycles. The van der Waals surface area contributed by atoms with E-state index in [0.717, 1.165) is 26.2 Å². The van der Waals surface area contributed by atoms with E-state index in [1.807, 2.05) is 14.1 Å². The number of ether oxygens (including phenoxy) is 1.